The average Bonchev–Trinajstić information content (AvgIpc) is 2.90. The number of benzene rings is 2. The molecule has 0 aliphatic rings. The van der Waals surface area contributed by atoms with Crippen LogP contribution in [0.4, 0.5) is 17.2 Å². The summed E-state index contributed by atoms with van der Waals surface area (Å²) >= 11 is 3.45. The Bertz CT molecular complexity index is 1330. The third-order valence-electron chi connectivity index (χ3n) is 5.33. The lowest BCUT2D eigenvalue weighted by atomic mass is 10.2. The Morgan fingerprint density at radius 2 is 1.87 bits per heavy atom. The van der Waals surface area contributed by atoms with Crippen LogP contribution < -0.4 is 20.7 Å². The number of halogens is 1. The highest BCUT2D eigenvalue weighted by molar-refractivity contribution is 9.10. The highest BCUT2D eigenvalue weighted by Crippen LogP contribution is 2.33. The highest BCUT2D eigenvalue weighted by Gasteiger charge is 2.13. The van der Waals surface area contributed by atoms with Crippen molar-refractivity contribution in [1.82, 2.24) is 20.2 Å². The average molecular weight is 585 g/mol. The summed E-state index contributed by atoms with van der Waals surface area (Å²) < 4.78 is 11.0. The number of ether oxygens (including phenoxy) is 2. The molecule has 0 bridgehead atoms. The lowest BCUT2D eigenvalue weighted by Crippen LogP contribution is -2.30. The van der Waals surface area contributed by atoms with E-state index in [0.29, 0.717) is 47.7 Å². The molecule has 3 N–H and O–H groups in total. The minimum atomic E-state index is -0.506. The first-order chi connectivity index (χ1) is 18.3. The largest absolute Gasteiger partial charge is 0.494 e. The van der Waals surface area contributed by atoms with Gasteiger partial charge >= 0.3 is 5.97 Å². The minimum absolute atomic E-state index is 0.177. The third-order valence-corrected chi connectivity index (χ3v) is 5.82. The van der Waals surface area contributed by atoms with E-state index in [1.807, 2.05) is 24.3 Å². The number of rotatable bonds is 12. The van der Waals surface area contributed by atoms with Crippen molar-refractivity contribution in [2.75, 3.05) is 51.5 Å². The normalized spacial score (nSPS) is 11.0. The predicted molar refractivity (Wildman–Crippen MR) is 148 cm³/mol. The van der Waals surface area contributed by atoms with Crippen LogP contribution in [0.3, 0.4) is 0 Å². The second-order valence-corrected chi connectivity index (χ2v) is 9.12. The zero-order valence-corrected chi connectivity index (χ0v) is 22.9. The lowest BCUT2D eigenvalue weighted by molar-refractivity contribution is -0.141. The van der Waals surface area contributed by atoms with Crippen LogP contribution >= 0.6 is 15.9 Å². The molecule has 0 radical (unpaired) electrons. The Morgan fingerprint density at radius 1 is 1.08 bits per heavy atom. The van der Waals surface area contributed by atoms with Gasteiger partial charge in [0.05, 0.1) is 32.0 Å². The summed E-state index contributed by atoms with van der Waals surface area (Å²) in [6.07, 6.45) is 4.37. The zero-order valence-electron chi connectivity index (χ0n) is 21.3. The van der Waals surface area contributed by atoms with Crippen molar-refractivity contribution in [3.8, 4) is 5.75 Å². The first-order valence-electron chi connectivity index (χ1n) is 11.7. The second-order valence-electron chi connectivity index (χ2n) is 8.21. The molecule has 2 aromatic carbocycles. The van der Waals surface area contributed by atoms with Crippen molar-refractivity contribution < 1.29 is 23.9 Å². The second kappa shape index (κ2) is 14.1. The number of hydrogen-bond donors (Lipinski definition) is 3. The summed E-state index contributed by atoms with van der Waals surface area (Å²) in [5.41, 5.74) is 1.85. The van der Waals surface area contributed by atoms with Gasteiger partial charge in [0.15, 0.2) is 0 Å². The zero-order chi connectivity index (χ0) is 27.5. The van der Waals surface area contributed by atoms with Gasteiger partial charge in [0.25, 0.3) is 0 Å². The van der Waals surface area contributed by atoms with Crippen LogP contribution in [0.1, 0.15) is 6.42 Å². The van der Waals surface area contributed by atoms with E-state index >= 15 is 0 Å². The predicted octanol–water partition coefficient (Wildman–Crippen LogP) is 3.25. The molecule has 0 unspecified atom stereocenters. The number of nitrogens with zero attached hydrogens (tertiary/aromatic N) is 3. The SMILES string of the molecule is COC(=O)CN(C)CCCNC(=O)C=CC(=O)Nc1cc2c(Nc3cccc(Br)c3)ncnc2cc1OC. The lowest BCUT2D eigenvalue weighted by Gasteiger charge is -2.14. The number of amides is 2. The fourth-order valence-electron chi connectivity index (χ4n) is 3.46. The van der Waals surface area contributed by atoms with Gasteiger partial charge in [-0.1, -0.05) is 22.0 Å². The quantitative estimate of drug-likeness (QED) is 0.166. The molecule has 0 atom stereocenters. The minimum Gasteiger partial charge on any atom is -0.494 e. The van der Waals surface area contributed by atoms with Gasteiger partial charge < -0.3 is 25.4 Å². The Morgan fingerprint density at radius 3 is 2.61 bits per heavy atom. The molecule has 3 rings (SSSR count). The van der Waals surface area contributed by atoms with Crippen molar-refractivity contribution >= 4 is 61.8 Å². The summed E-state index contributed by atoms with van der Waals surface area (Å²) in [6.45, 7) is 1.17. The Labute approximate surface area is 228 Å². The number of aromatic nitrogens is 2. The van der Waals surface area contributed by atoms with E-state index in [-0.39, 0.29) is 12.5 Å². The molecule has 2 amide bonds. The first kappa shape index (κ1) is 28.5. The molecule has 0 saturated carbocycles. The van der Waals surface area contributed by atoms with Gasteiger partial charge in [0.2, 0.25) is 11.8 Å². The summed E-state index contributed by atoms with van der Waals surface area (Å²) in [4.78, 5) is 46.3. The summed E-state index contributed by atoms with van der Waals surface area (Å²) in [6, 6.07) is 11.0. The van der Waals surface area contributed by atoms with Crippen LogP contribution in [-0.2, 0) is 19.1 Å². The van der Waals surface area contributed by atoms with Crippen LogP contribution in [0.25, 0.3) is 10.9 Å². The van der Waals surface area contributed by atoms with Crippen molar-refractivity contribution in [3.63, 3.8) is 0 Å². The summed E-state index contributed by atoms with van der Waals surface area (Å²) in [7, 11) is 4.61. The molecule has 0 fully saturated rings. The Kier molecular flexibility index (Phi) is 10.6. The van der Waals surface area contributed by atoms with E-state index in [1.54, 1.807) is 24.1 Å². The standard InChI is InChI=1S/C26H29BrN6O5/c1-33(15-25(36)38-3)11-5-10-28-23(34)8-9-24(35)32-21-13-19-20(14-22(21)37-2)29-16-30-26(19)31-18-7-4-6-17(27)12-18/h4,6-9,12-14,16H,5,10-11,15H2,1-3H3,(H,28,34)(H,32,35)(H,29,30,31). The third kappa shape index (κ3) is 8.53. The molecular weight excluding hydrogens is 556 g/mol. The Balaban J connectivity index is 1.62. The van der Waals surface area contributed by atoms with Crippen molar-refractivity contribution in [1.29, 1.82) is 0 Å². The van der Waals surface area contributed by atoms with E-state index in [1.165, 1.54) is 20.5 Å². The number of carbonyl (C=O) groups excluding carboxylic acids is 3. The maximum Gasteiger partial charge on any atom is 0.319 e. The maximum absolute atomic E-state index is 12.5. The number of hydrogen-bond acceptors (Lipinski definition) is 9. The van der Waals surface area contributed by atoms with Crippen LogP contribution in [0.2, 0.25) is 0 Å². The topological polar surface area (TPSA) is 135 Å². The number of esters is 1. The number of methoxy groups -OCH3 is 2. The molecule has 200 valence electrons. The van der Waals surface area contributed by atoms with Crippen LogP contribution in [0, 0.1) is 0 Å². The fourth-order valence-corrected chi connectivity index (χ4v) is 3.86. The molecule has 0 aliphatic heterocycles. The molecule has 0 saturated heterocycles. The number of anilines is 3. The van der Waals surface area contributed by atoms with Gasteiger partial charge in [-0.25, -0.2) is 9.97 Å². The Hall–Kier alpha value is -4.03. The van der Waals surface area contributed by atoms with E-state index in [2.05, 4.69) is 46.6 Å². The molecular formula is C26H29BrN6O5. The van der Waals surface area contributed by atoms with Crippen LogP contribution in [0.15, 0.2) is 59.4 Å². The van der Waals surface area contributed by atoms with Gasteiger partial charge in [-0.15, -0.1) is 0 Å². The summed E-state index contributed by atoms with van der Waals surface area (Å²) in [5, 5.41) is 9.38. The smallest absolute Gasteiger partial charge is 0.319 e. The van der Waals surface area contributed by atoms with Crippen molar-refractivity contribution in [3.05, 3.63) is 59.4 Å². The molecule has 11 nitrogen and oxygen atoms in total. The molecule has 12 heteroatoms. The van der Waals surface area contributed by atoms with Crippen molar-refractivity contribution in [2.24, 2.45) is 0 Å². The number of likely N-dealkylation sites (N-methyl/N-ethyl adjacent to an activating group) is 1. The van der Waals surface area contributed by atoms with Gasteiger partial charge in [-0.3, -0.25) is 19.3 Å². The molecule has 0 spiro atoms. The molecule has 3 aromatic rings. The fraction of sp³-hybridized carbons (Fsp3) is 0.269. The van der Waals surface area contributed by atoms with Gasteiger partial charge in [0.1, 0.15) is 17.9 Å². The first-order valence-corrected chi connectivity index (χ1v) is 12.5. The molecule has 1 heterocycles. The number of fused-ring (bicyclic) bond motifs is 1. The number of nitrogens with one attached hydrogen (secondary N) is 3. The van der Waals surface area contributed by atoms with Gasteiger partial charge in [0, 0.05) is 46.9 Å². The van der Waals surface area contributed by atoms with Crippen molar-refractivity contribution in [2.45, 2.75) is 6.42 Å². The molecule has 0 aliphatic carbocycles. The van der Waals surface area contributed by atoms with E-state index < -0.39 is 11.8 Å². The van der Waals surface area contributed by atoms with Crippen LogP contribution in [-0.4, -0.2) is 73.6 Å². The van der Waals surface area contributed by atoms with E-state index in [9.17, 15) is 14.4 Å². The number of carbonyl (C=O) groups is 3. The highest BCUT2D eigenvalue weighted by atomic mass is 79.9. The maximum atomic E-state index is 12.5. The molecule has 1 aromatic heterocycles. The monoisotopic (exact) mass is 584 g/mol. The van der Waals surface area contributed by atoms with Gasteiger partial charge in [-0.05, 0) is 37.7 Å². The van der Waals surface area contributed by atoms with E-state index in [4.69, 9.17) is 4.74 Å². The summed E-state index contributed by atoms with van der Waals surface area (Å²) in [5.74, 6) is -0.271. The molecule has 38 heavy (non-hydrogen) atoms. The van der Waals surface area contributed by atoms with E-state index in [0.717, 1.165) is 22.3 Å². The van der Waals surface area contributed by atoms with Crippen LogP contribution in [0.5, 0.6) is 5.75 Å². The van der Waals surface area contributed by atoms with Gasteiger partial charge in [-0.2, -0.15) is 0 Å².